The predicted molar refractivity (Wildman–Crippen MR) is 138 cm³/mol. The van der Waals surface area contributed by atoms with Gasteiger partial charge in [0.25, 0.3) is 0 Å². The third-order valence-corrected chi connectivity index (χ3v) is 4.82. The molecule has 5 nitrogen and oxygen atoms in total. The normalized spacial score (nSPS) is 12.7. The van der Waals surface area contributed by atoms with Crippen molar-refractivity contribution >= 4 is 6.21 Å². The molecule has 2 rings (SSSR count). The van der Waals surface area contributed by atoms with Crippen LogP contribution in [0.3, 0.4) is 0 Å². The van der Waals surface area contributed by atoms with Crippen molar-refractivity contribution in [2.45, 2.75) is 73.5 Å². The standard InChI is InChI=1S/C26H35NO4.C2H6/c1-7-8-14-29-25-15-19(2)26(20(3)16-25)31-22(5)13-12-21(4)30-24-11-9-10-23(17-24)18-27-28-6;1-2/h7-11,15-18,21-22H,12-14H2,1-6H3;1-2H3/b8-7+,27-18-;. The van der Waals surface area contributed by atoms with Gasteiger partial charge in [-0.3, -0.25) is 0 Å². The molecule has 2 unspecified atom stereocenters. The summed E-state index contributed by atoms with van der Waals surface area (Å²) < 4.78 is 18.1. The third-order valence-electron chi connectivity index (χ3n) is 4.82. The van der Waals surface area contributed by atoms with E-state index in [0.29, 0.717) is 6.61 Å². The van der Waals surface area contributed by atoms with Gasteiger partial charge in [-0.1, -0.05) is 43.3 Å². The van der Waals surface area contributed by atoms with Crippen LogP contribution in [0, 0.1) is 13.8 Å². The Morgan fingerprint density at radius 3 is 2.15 bits per heavy atom. The van der Waals surface area contributed by atoms with Crippen molar-refractivity contribution in [3.63, 3.8) is 0 Å². The molecular formula is C28H41NO4. The summed E-state index contributed by atoms with van der Waals surface area (Å²) in [6.07, 6.45) is 7.57. The summed E-state index contributed by atoms with van der Waals surface area (Å²) in [5.74, 6) is 2.62. The Morgan fingerprint density at radius 1 is 0.909 bits per heavy atom. The average molecular weight is 456 g/mol. The highest BCUT2D eigenvalue weighted by Crippen LogP contribution is 2.30. The van der Waals surface area contributed by atoms with Gasteiger partial charge in [0.2, 0.25) is 0 Å². The van der Waals surface area contributed by atoms with Gasteiger partial charge >= 0.3 is 0 Å². The molecule has 182 valence electrons. The Bertz CT molecular complexity index is 853. The number of hydrogen-bond donors (Lipinski definition) is 0. The lowest BCUT2D eigenvalue weighted by molar-refractivity contribution is 0.159. The summed E-state index contributed by atoms with van der Waals surface area (Å²) in [4.78, 5) is 4.73. The molecule has 0 heterocycles. The minimum absolute atomic E-state index is 0.0743. The first-order valence-corrected chi connectivity index (χ1v) is 11.8. The van der Waals surface area contributed by atoms with Crippen molar-refractivity contribution in [1.29, 1.82) is 0 Å². The first kappa shape index (κ1) is 28.1. The maximum atomic E-state index is 6.26. The number of nitrogens with zero attached hydrogens (tertiary/aromatic N) is 1. The molecule has 0 aliphatic heterocycles. The molecule has 0 fully saturated rings. The van der Waals surface area contributed by atoms with Gasteiger partial charge in [-0.15, -0.1) is 0 Å². The average Bonchev–Trinajstić information content (AvgIpc) is 2.80. The van der Waals surface area contributed by atoms with E-state index in [1.807, 2.05) is 69.3 Å². The molecule has 0 aliphatic carbocycles. The fourth-order valence-corrected chi connectivity index (χ4v) is 3.22. The largest absolute Gasteiger partial charge is 0.491 e. The van der Waals surface area contributed by atoms with E-state index < -0.39 is 0 Å². The van der Waals surface area contributed by atoms with Gasteiger partial charge in [-0.2, -0.15) is 0 Å². The molecule has 2 aromatic carbocycles. The second-order valence-corrected chi connectivity index (χ2v) is 7.69. The van der Waals surface area contributed by atoms with Crippen LogP contribution >= 0.6 is 0 Å². The van der Waals surface area contributed by atoms with Crippen LogP contribution in [-0.4, -0.2) is 32.1 Å². The maximum absolute atomic E-state index is 6.26. The number of ether oxygens (including phenoxy) is 3. The molecule has 0 bridgehead atoms. The highest BCUT2D eigenvalue weighted by molar-refractivity contribution is 5.79. The lowest BCUT2D eigenvalue weighted by Crippen LogP contribution is -2.19. The van der Waals surface area contributed by atoms with Gasteiger partial charge < -0.3 is 19.0 Å². The summed E-state index contributed by atoms with van der Waals surface area (Å²) >= 11 is 0. The van der Waals surface area contributed by atoms with Crippen molar-refractivity contribution in [3.8, 4) is 17.2 Å². The van der Waals surface area contributed by atoms with Crippen molar-refractivity contribution in [1.82, 2.24) is 0 Å². The molecule has 0 aliphatic rings. The fraction of sp³-hybridized carbons (Fsp3) is 0.464. The Kier molecular flexibility index (Phi) is 13.4. The minimum Gasteiger partial charge on any atom is -0.491 e. The molecule has 33 heavy (non-hydrogen) atoms. The maximum Gasteiger partial charge on any atom is 0.125 e. The van der Waals surface area contributed by atoms with E-state index >= 15 is 0 Å². The second-order valence-electron chi connectivity index (χ2n) is 7.69. The number of allylic oxidation sites excluding steroid dienone is 1. The molecule has 0 radical (unpaired) electrons. The van der Waals surface area contributed by atoms with Gasteiger partial charge in [-0.05, 0) is 88.4 Å². The van der Waals surface area contributed by atoms with E-state index in [9.17, 15) is 0 Å². The van der Waals surface area contributed by atoms with Crippen LogP contribution in [0.15, 0.2) is 53.7 Å². The molecule has 0 aromatic heterocycles. The van der Waals surface area contributed by atoms with Gasteiger partial charge in [0, 0.05) is 0 Å². The first-order chi connectivity index (χ1) is 15.9. The fourth-order valence-electron chi connectivity index (χ4n) is 3.22. The number of benzene rings is 2. The van der Waals surface area contributed by atoms with Crippen LogP contribution in [0.25, 0.3) is 0 Å². The Balaban J connectivity index is 0.00000265. The van der Waals surface area contributed by atoms with E-state index in [4.69, 9.17) is 19.0 Å². The van der Waals surface area contributed by atoms with E-state index in [2.05, 4.69) is 32.9 Å². The number of oxime groups is 1. The van der Waals surface area contributed by atoms with E-state index in [0.717, 1.165) is 46.8 Å². The monoisotopic (exact) mass is 455 g/mol. The number of aryl methyl sites for hydroxylation is 2. The van der Waals surface area contributed by atoms with Gasteiger partial charge in [-0.25, -0.2) is 0 Å². The molecule has 0 N–H and O–H groups in total. The van der Waals surface area contributed by atoms with Crippen LogP contribution in [0.5, 0.6) is 17.2 Å². The Labute approximate surface area is 200 Å². The summed E-state index contributed by atoms with van der Waals surface area (Å²) in [7, 11) is 1.53. The Morgan fingerprint density at radius 2 is 1.55 bits per heavy atom. The molecule has 0 spiro atoms. The zero-order valence-electron chi connectivity index (χ0n) is 21.6. The number of rotatable bonds is 12. The number of hydrogen-bond acceptors (Lipinski definition) is 5. The highest BCUT2D eigenvalue weighted by atomic mass is 16.6. The first-order valence-electron chi connectivity index (χ1n) is 11.8. The van der Waals surface area contributed by atoms with Crippen molar-refractivity contribution in [3.05, 3.63) is 65.2 Å². The molecule has 0 saturated carbocycles. The summed E-state index contributed by atoms with van der Waals surface area (Å²) in [5, 5.41) is 3.79. The SMILES string of the molecule is C/C=C/COc1cc(C)c(OC(C)CCC(C)Oc2cccc(/C=N\OC)c2)c(C)c1.CC. The lowest BCUT2D eigenvalue weighted by atomic mass is 10.1. The Hall–Kier alpha value is -2.95. The van der Waals surface area contributed by atoms with Gasteiger partial charge in [0.05, 0.1) is 18.4 Å². The van der Waals surface area contributed by atoms with Crippen LogP contribution in [-0.2, 0) is 4.84 Å². The van der Waals surface area contributed by atoms with Crippen LogP contribution in [0.4, 0.5) is 0 Å². The molecule has 2 atom stereocenters. The van der Waals surface area contributed by atoms with Gasteiger partial charge in [0.1, 0.15) is 31.0 Å². The molecule has 0 saturated heterocycles. The van der Waals surface area contributed by atoms with E-state index in [-0.39, 0.29) is 12.2 Å². The van der Waals surface area contributed by atoms with E-state index in [1.165, 1.54) is 7.11 Å². The summed E-state index contributed by atoms with van der Waals surface area (Å²) in [5.41, 5.74) is 3.11. The van der Waals surface area contributed by atoms with E-state index in [1.54, 1.807) is 6.21 Å². The molecule has 2 aromatic rings. The third kappa shape index (κ3) is 10.5. The molecule has 0 amide bonds. The van der Waals surface area contributed by atoms with Crippen molar-refractivity contribution in [2.75, 3.05) is 13.7 Å². The topological polar surface area (TPSA) is 49.3 Å². The van der Waals surface area contributed by atoms with Crippen molar-refractivity contribution < 1.29 is 19.0 Å². The molecular weight excluding hydrogens is 414 g/mol. The van der Waals surface area contributed by atoms with Gasteiger partial charge in [0.15, 0.2) is 0 Å². The minimum atomic E-state index is 0.0743. The van der Waals surface area contributed by atoms with Crippen LogP contribution < -0.4 is 14.2 Å². The quantitative estimate of drug-likeness (QED) is 0.192. The summed E-state index contributed by atoms with van der Waals surface area (Å²) in [6, 6.07) is 11.9. The van der Waals surface area contributed by atoms with Crippen LogP contribution in [0.2, 0.25) is 0 Å². The second kappa shape index (κ2) is 15.8. The molecule has 5 heteroatoms. The highest BCUT2D eigenvalue weighted by Gasteiger charge is 2.13. The predicted octanol–water partition coefficient (Wildman–Crippen LogP) is 7.28. The van der Waals surface area contributed by atoms with Crippen molar-refractivity contribution in [2.24, 2.45) is 5.16 Å². The lowest BCUT2D eigenvalue weighted by Gasteiger charge is -2.21. The smallest absolute Gasteiger partial charge is 0.125 e. The van der Waals surface area contributed by atoms with Crippen LogP contribution in [0.1, 0.15) is 64.2 Å². The zero-order chi connectivity index (χ0) is 24.6. The summed E-state index contributed by atoms with van der Waals surface area (Å²) in [6.45, 7) is 14.9. The zero-order valence-corrected chi connectivity index (χ0v) is 21.6.